The number of hydrogen-bond donors (Lipinski definition) is 6. The largest absolute Gasteiger partial charge is 0.508 e. The highest BCUT2D eigenvalue weighted by atomic mass is 16.7. The molecule has 2 aromatic rings. The smallest absolute Gasteiger partial charge is 0.186 e. The van der Waals surface area contributed by atoms with Crippen LogP contribution in [0.5, 0.6) is 23.0 Å². The third-order valence-electron chi connectivity index (χ3n) is 5.15. The Balaban J connectivity index is 1.65. The van der Waals surface area contributed by atoms with Crippen LogP contribution < -0.4 is 4.74 Å². The third kappa shape index (κ3) is 3.83. The Bertz CT molecular complexity index is 869. The molecule has 0 bridgehead atoms. The van der Waals surface area contributed by atoms with Gasteiger partial charge >= 0.3 is 0 Å². The Kier molecular flexibility index (Phi) is 5.24. The first kappa shape index (κ1) is 19.7. The first-order chi connectivity index (χ1) is 13.8. The van der Waals surface area contributed by atoms with E-state index in [-0.39, 0.29) is 36.0 Å². The zero-order chi connectivity index (χ0) is 20.7. The maximum atomic E-state index is 10.2. The van der Waals surface area contributed by atoms with E-state index in [4.69, 9.17) is 14.2 Å². The fraction of sp³-hybridized carbons (Fsp3) is 0.400. The lowest BCUT2D eigenvalue weighted by Crippen LogP contribution is -2.55. The topological polar surface area (TPSA) is 149 Å². The molecule has 2 aliphatic rings. The van der Waals surface area contributed by atoms with Gasteiger partial charge < -0.3 is 44.8 Å². The van der Waals surface area contributed by atoms with Gasteiger partial charge in [0.25, 0.3) is 0 Å². The van der Waals surface area contributed by atoms with E-state index in [9.17, 15) is 30.6 Å². The summed E-state index contributed by atoms with van der Waals surface area (Å²) in [5.41, 5.74) is 1.06. The van der Waals surface area contributed by atoms with Gasteiger partial charge in [0.05, 0.1) is 6.61 Å². The van der Waals surface area contributed by atoms with Gasteiger partial charge in [-0.2, -0.15) is 0 Å². The molecule has 1 saturated heterocycles. The van der Waals surface area contributed by atoms with Crippen molar-refractivity contribution in [2.45, 2.75) is 43.2 Å². The van der Waals surface area contributed by atoms with E-state index < -0.39 is 36.8 Å². The maximum Gasteiger partial charge on any atom is 0.186 e. The van der Waals surface area contributed by atoms with Crippen molar-refractivity contribution in [3.63, 3.8) is 0 Å². The summed E-state index contributed by atoms with van der Waals surface area (Å²) in [6, 6.07) is 8.81. The van der Waals surface area contributed by atoms with Crippen LogP contribution in [0.1, 0.15) is 17.2 Å². The van der Waals surface area contributed by atoms with Crippen LogP contribution in [0.2, 0.25) is 0 Å². The summed E-state index contributed by atoms with van der Waals surface area (Å²) in [6.07, 6.45) is -6.65. The number of fused-ring (bicyclic) bond motifs is 1. The van der Waals surface area contributed by atoms with E-state index in [2.05, 4.69) is 0 Å². The number of hydrogen-bond acceptors (Lipinski definition) is 9. The van der Waals surface area contributed by atoms with E-state index in [1.165, 1.54) is 24.3 Å². The molecule has 6 unspecified atom stereocenters. The number of benzene rings is 2. The van der Waals surface area contributed by atoms with Crippen molar-refractivity contribution in [2.24, 2.45) is 0 Å². The van der Waals surface area contributed by atoms with Crippen LogP contribution in [0.4, 0.5) is 0 Å². The van der Waals surface area contributed by atoms with Crippen LogP contribution in [-0.2, 0) is 15.9 Å². The maximum absolute atomic E-state index is 10.2. The molecule has 29 heavy (non-hydrogen) atoms. The van der Waals surface area contributed by atoms with Crippen LogP contribution in [0.3, 0.4) is 0 Å². The van der Waals surface area contributed by atoms with Crippen LogP contribution >= 0.6 is 0 Å². The second-order valence-corrected chi connectivity index (χ2v) is 7.20. The van der Waals surface area contributed by atoms with Crippen molar-refractivity contribution < 1.29 is 44.8 Å². The van der Waals surface area contributed by atoms with Crippen molar-refractivity contribution in [2.75, 3.05) is 6.61 Å². The second-order valence-electron chi connectivity index (χ2n) is 7.20. The molecular weight excluding hydrogens is 384 g/mol. The molecular formula is C20H22O9. The van der Waals surface area contributed by atoms with Gasteiger partial charge in [0, 0.05) is 24.1 Å². The molecule has 0 saturated carbocycles. The molecule has 0 spiro atoms. The van der Waals surface area contributed by atoms with Gasteiger partial charge in [-0.1, -0.05) is 12.1 Å². The number of aliphatic hydroxyl groups excluding tert-OH is 3. The van der Waals surface area contributed by atoms with Crippen molar-refractivity contribution in [3.05, 3.63) is 47.5 Å². The number of rotatable bonds is 3. The van der Waals surface area contributed by atoms with Crippen molar-refractivity contribution in [1.82, 2.24) is 0 Å². The minimum Gasteiger partial charge on any atom is -0.508 e. The molecule has 4 rings (SSSR count). The summed E-state index contributed by atoms with van der Waals surface area (Å²) >= 11 is 0. The van der Waals surface area contributed by atoms with E-state index >= 15 is 0 Å². The summed E-state index contributed by atoms with van der Waals surface area (Å²) in [7, 11) is 0. The number of phenols is 3. The summed E-state index contributed by atoms with van der Waals surface area (Å²) < 4.78 is 17.2. The average molecular weight is 406 g/mol. The first-order valence-electron chi connectivity index (χ1n) is 9.15. The highest BCUT2D eigenvalue weighted by molar-refractivity contribution is 5.51. The summed E-state index contributed by atoms with van der Waals surface area (Å²) in [6.45, 7) is -0.212. The van der Waals surface area contributed by atoms with E-state index in [1.54, 1.807) is 12.1 Å². The number of ether oxygens (including phenoxy) is 3. The lowest BCUT2D eigenvalue weighted by atomic mass is 9.93. The first-order valence-corrected chi connectivity index (χ1v) is 9.15. The monoisotopic (exact) mass is 406 g/mol. The predicted molar refractivity (Wildman–Crippen MR) is 97.6 cm³/mol. The Hall–Kier alpha value is -2.56. The average Bonchev–Trinajstić information content (AvgIpc) is 2.69. The zero-order valence-corrected chi connectivity index (χ0v) is 15.3. The SMILES string of the molecule is Oc1ccc(C2Oc3cc(O)cc(O)c3CC2OC2OCC(O)C(O)C2O)cc1. The molecule has 2 aromatic carbocycles. The number of aliphatic hydroxyl groups is 3. The third-order valence-corrected chi connectivity index (χ3v) is 5.15. The van der Waals surface area contributed by atoms with Gasteiger partial charge in [-0.25, -0.2) is 0 Å². The molecule has 0 aromatic heterocycles. The summed E-state index contributed by atoms with van der Waals surface area (Å²) in [5.74, 6) is 0.0217. The molecule has 1 fully saturated rings. The normalized spacial score (nSPS) is 31.7. The number of phenolic OH excluding ortho intramolecular Hbond substituents is 3. The minimum atomic E-state index is -1.48. The Morgan fingerprint density at radius 3 is 2.34 bits per heavy atom. The molecule has 156 valence electrons. The van der Waals surface area contributed by atoms with Gasteiger partial charge in [-0.15, -0.1) is 0 Å². The van der Waals surface area contributed by atoms with Gasteiger partial charge in [-0.05, 0) is 17.7 Å². The highest BCUT2D eigenvalue weighted by Crippen LogP contribution is 2.43. The predicted octanol–water partition coefficient (Wildman–Crippen LogP) is 0.304. The fourth-order valence-electron chi connectivity index (χ4n) is 3.59. The molecule has 6 N–H and O–H groups in total. The molecule has 9 nitrogen and oxygen atoms in total. The second kappa shape index (κ2) is 7.69. The van der Waals surface area contributed by atoms with Gasteiger partial charge in [0.15, 0.2) is 12.4 Å². The van der Waals surface area contributed by atoms with Gasteiger partial charge in [0.2, 0.25) is 0 Å². The Morgan fingerprint density at radius 2 is 1.62 bits per heavy atom. The fourth-order valence-corrected chi connectivity index (χ4v) is 3.59. The number of aromatic hydroxyl groups is 3. The van der Waals surface area contributed by atoms with Crippen molar-refractivity contribution in [3.8, 4) is 23.0 Å². The lowest BCUT2D eigenvalue weighted by Gasteiger charge is -2.40. The van der Waals surface area contributed by atoms with Crippen molar-refractivity contribution in [1.29, 1.82) is 0 Å². The van der Waals surface area contributed by atoms with Crippen LogP contribution in [0.25, 0.3) is 0 Å². The highest BCUT2D eigenvalue weighted by Gasteiger charge is 2.42. The van der Waals surface area contributed by atoms with Crippen LogP contribution in [0.15, 0.2) is 36.4 Å². The molecule has 2 aliphatic heterocycles. The molecule has 2 heterocycles. The van der Waals surface area contributed by atoms with E-state index in [0.29, 0.717) is 11.1 Å². The lowest BCUT2D eigenvalue weighted by molar-refractivity contribution is -0.290. The van der Waals surface area contributed by atoms with E-state index in [0.717, 1.165) is 0 Å². The molecule has 0 amide bonds. The zero-order valence-electron chi connectivity index (χ0n) is 15.3. The molecule has 0 aliphatic carbocycles. The minimum absolute atomic E-state index is 0.0702. The van der Waals surface area contributed by atoms with Gasteiger partial charge in [-0.3, -0.25) is 0 Å². The molecule has 6 atom stereocenters. The molecule has 9 heteroatoms. The quantitative estimate of drug-likeness (QED) is 0.423. The van der Waals surface area contributed by atoms with Crippen LogP contribution in [0, 0.1) is 0 Å². The van der Waals surface area contributed by atoms with Gasteiger partial charge in [0.1, 0.15) is 47.4 Å². The summed E-state index contributed by atoms with van der Waals surface area (Å²) in [5, 5.41) is 59.3. The van der Waals surface area contributed by atoms with Crippen LogP contribution in [-0.4, -0.2) is 68.0 Å². The molecule has 0 radical (unpaired) electrons. The van der Waals surface area contributed by atoms with Crippen molar-refractivity contribution >= 4 is 0 Å². The summed E-state index contributed by atoms with van der Waals surface area (Å²) in [4.78, 5) is 0. The van der Waals surface area contributed by atoms with E-state index in [1.807, 2.05) is 0 Å². The standard InChI is InChI=1S/C20H22O9/c21-10-3-1-9(2-4-10)19-16(29-20-18(26)17(25)14(24)8-27-20)7-12-13(23)5-11(22)6-15(12)28-19/h1-6,14,16-26H,7-8H2. The Labute approximate surface area is 166 Å². The Morgan fingerprint density at radius 1 is 0.897 bits per heavy atom.